The molecule has 0 radical (unpaired) electrons. The van der Waals surface area contributed by atoms with Crippen molar-refractivity contribution in [2.45, 2.75) is 56.7 Å². The van der Waals surface area contributed by atoms with Gasteiger partial charge < -0.3 is 9.30 Å². The predicted octanol–water partition coefficient (Wildman–Crippen LogP) is 2.54. The van der Waals surface area contributed by atoms with Crippen LogP contribution in [0.15, 0.2) is 24.5 Å². The van der Waals surface area contributed by atoms with Gasteiger partial charge in [0.05, 0.1) is 12.7 Å². The first-order valence-corrected chi connectivity index (χ1v) is 9.09. The first-order chi connectivity index (χ1) is 11.9. The van der Waals surface area contributed by atoms with Crippen LogP contribution in [-0.2, 0) is 6.54 Å². The number of rotatable bonds is 6. The summed E-state index contributed by atoms with van der Waals surface area (Å²) in [6.45, 7) is 2.90. The van der Waals surface area contributed by atoms with E-state index in [-0.39, 0.29) is 6.10 Å². The molecular formula is C18H23N5O. The summed E-state index contributed by atoms with van der Waals surface area (Å²) in [5.41, 5.74) is 0. The molecule has 2 saturated carbocycles. The summed E-state index contributed by atoms with van der Waals surface area (Å²) >= 11 is 0. The molecule has 0 aromatic carbocycles. The smallest absolute Gasteiger partial charge is 0.147 e. The Bertz CT molecular complexity index is 707. The Morgan fingerprint density at radius 1 is 1.12 bits per heavy atom. The zero-order chi connectivity index (χ0) is 15.9. The summed E-state index contributed by atoms with van der Waals surface area (Å²) < 4.78 is 8.49. The summed E-state index contributed by atoms with van der Waals surface area (Å²) in [5.74, 6) is 3.94. The van der Waals surface area contributed by atoms with Gasteiger partial charge in [-0.15, -0.1) is 10.2 Å². The van der Waals surface area contributed by atoms with Crippen LogP contribution in [0, 0.1) is 0 Å². The maximum atomic E-state index is 6.04. The van der Waals surface area contributed by atoms with Crippen molar-refractivity contribution in [2.75, 3.05) is 13.1 Å². The number of aromatic nitrogens is 4. The molecular weight excluding hydrogens is 302 g/mol. The minimum atomic E-state index is 0.245. The molecule has 6 heteroatoms. The van der Waals surface area contributed by atoms with Crippen LogP contribution in [0.1, 0.15) is 55.7 Å². The fourth-order valence-electron chi connectivity index (χ4n) is 3.64. The topological polar surface area (TPSA) is 56.1 Å². The van der Waals surface area contributed by atoms with Crippen LogP contribution in [0.5, 0.6) is 5.75 Å². The van der Waals surface area contributed by atoms with E-state index in [2.05, 4.69) is 24.6 Å². The van der Waals surface area contributed by atoms with E-state index in [1.54, 1.807) is 12.4 Å². The van der Waals surface area contributed by atoms with Crippen molar-refractivity contribution in [3.05, 3.63) is 36.2 Å². The van der Waals surface area contributed by atoms with Crippen molar-refractivity contribution in [3.8, 4) is 5.75 Å². The van der Waals surface area contributed by atoms with E-state index in [9.17, 15) is 0 Å². The second-order valence-electron chi connectivity index (χ2n) is 7.30. The molecule has 0 bridgehead atoms. The van der Waals surface area contributed by atoms with Crippen molar-refractivity contribution in [2.24, 2.45) is 0 Å². The number of ether oxygens (including phenoxy) is 1. The summed E-state index contributed by atoms with van der Waals surface area (Å²) in [6.07, 6.45) is 10.0. The summed E-state index contributed by atoms with van der Waals surface area (Å²) in [4.78, 5) is 6.56. The predicted molar refractivity (Wildman–Crippen MR) is 88.8 cm³/mol. The van der Waals surface area contributed by atoms with E-state index in [0.717, 1.165) is 37.6 Å². The highest BCUT2D eigenvalue weighted by molar-refractivity contribution is 5.16. The Balaban J connectivity index is 1.24. The third-order valence-electron chi connectivity index (χ3n) is 5.18. The molecule has 3 fully saturated rings. The first kappa shape index (κ1) is 14.4. The number of hydrogen-bond donors (Lipinski definition) is 0. The van der Waals surface area contributed by atoms with E-state index in [1.165, 1.54) is 31.5 Å². The normalized spacial score (nSPS) is 24.4. The van der Waals surface area contributed by atoms with Gasteiger partial charge in [0.15, 0.2) is 0 Å². The summed E-state index contributed by atoms with van der Waals surface area (Å²) in [5, 5.41) is 9.05. The van der Waals surface area contributed by atoms with Crippen molar-refractivity contribution in [1.29, 1.82) is 0 Å². The molecule has 0 N–H and O–H groups in total. The lowest BCUT2D eigenvalue weighted by molar-refractivity contribution is 0.196. The highest BCUT2D eigenvalue weighted by Gasteiger charge is 2.37. The Morgan fingerprint density at radius 2 is 2.04 bits per heavy atom. The second-order valence-corrected chi connectivity index (χ2v) is 7.30. The van der Waals surface area contributed by atoms with E-state index in [4.69, 9.17) is 4.74 Å². The molecule has 24 heavy (non-hydrogen) atoms. The molecule has 1 atom stereocenters. The van der Waals surface area contributed by atoms with E-state index in [1.807, 2.05) is 12.1 Å². The van der Waals surface area contributed by atoms with Gasteiger partial charge in [0.1, 0.15) is 23.5 Å². The minimum absolute atomic E-state index is 0.245. The monoisotopic (exact) mass is 325 g/mol. The zero-order valence-electron chi connectivity index (χ0n) is 13.8. The van der Waals surface area contributed by atoms with Crippen LogP contribution in [0.3, 0.4) is 0 Å². The SMILES string of the molecule is c1cncc(OC2CCN(Cc3nnc(C4CC4)n3C3CC3)C2)c1. The maximum Gasteiger partial charge on any atom is 0.147 e. The third kappa shape index (κ3) is 2.90. The summed E-state index contributed by atoms with van der Waals surface area (Å²) in [6, 6.07) is 4.55. The number of pyridine rings is 1. The van der Waals surface area contributed by atoms with Crippen molar-refractivity contribution in [3.63, 3.8) is 0 Å². The van der Waals surface area contributed by atoms with Gasteiger partial charge in [0.2, 0.25) is 0 Å². The van der Waals surface area contributed by atoms with Crippen LogP contribution >= 0.6 is 0 Å². The van der Waals surface area contributed by atoms with Gasteiger partial charge in [-0.1, -0.05) is 0 Å². The van der Waals surface area contributed by atoms with Gasteiger partial charge in [0.25, 0.3) is 0 Å². The third-order valence-corrected chi connectivity index (χ3v) is 5.18. The number of hydrogen-bond acceptors (Lipinski definition) is 5. The Morgan fingerprint density at radius 3 is 2.79 bits per heavy atom. The van der Waals surface area contributed by atoms with E-state index in [0.29, 0.717) is 12.0 Å². The molecule has 5 rings (SSSR count). The largest absolute Gasteiger partial charge is 0.487 e. The van der Waals surface area contributed by atoms with E-state index >= 15 is 0 Å². The highest BCUT2D eigenvalue weighted by atomic mass is 16.5. The van der Waals surface area contributed by atoms with Crippen LogP contribution in [-0.4, -0.2) is 43.8 Å². The van der Waals surface area contributed by atoms with Crippen molar-refractivity contribution >= 4 is 0 Å². The first-order valence-electron chi connectivity index (χ1n) is 9.09. The van der Waals surface area contributed by atoms with Crippen LogP contribution < -0.4 is 4.74 Å². The Kier molecular flexibility index (Phi) is 3.51. The molecule has 1 unspecified atom stereocenters. The average Bonchev–Trinajstić information content (AvgIpc) is 3.53. The quantitative estimate of drug-likeness (QED) is 0.817. The minimum Gasteiger partial charge on any atom is -0.487 e. The molecule has 2 aromatic heterocycles. The van der Waals surface area contributed by atoms with Gasteiger partial charge >= 0.3 is 0 Å². The Labute approximate surface area is 141 Å². The number of nitrogens with zero attached hydrogens (tertiary/aromatic N) is 5. The maximum absolute atomic E-state index is 6.04. The molecule has 2 aliphatic carbocycles. The molecule has 0 amide bonds. The molecule has 1 saturated heterocycles. The molecule has 3 aliphatic rings. The van der Waals surface area contributed by atoms with Crippen molar-refractivity contribution in [1.82, 2.24) is 24.6 Å². The average molecular weight is 325 g/mol. The number of likely N-dealkylation sites (tertiary alicyclic amines) is 1. The molecule has 2 aromatic rings. The lowest BCUT2D eigenvalue weighted by Gasteiger charge is -2.17. The fraction of sp³-hybridized carbons (Fsp3) is 0.611. The van der Waals surface area contributed by atoms with Gasteiger partial charge in [-0.2, -0.15) is 0 Å². The molecule has 0 spiro atoms. The molecule has 6 nitrogen and oxygen atoms in total. The highest BCUT2D eigenvalue weighted by Crippen LogP contribution is 2.44. The van der Waals surface area contributed by atoms with Gasteiger partial charge in [-0.05, 0) is 44.2 Å². The lowest BCUT2D eigenvalue weighted by atomic mass is 10.3. The van der Waals surface area contributed by atoms with Gasteiger partial charge in [0, 0.05) is 31.2 Å². The van der Waals surface area contributed by atoms with Crippen LogP contribution in [0.25, 0.3) is 0 Å². The van der Waals surface area contributed by atoms with E-state index < -0.39 is 0 Å². The van der Waals surface area contributed by atoms with Crippen LogP contribution in [0.2, 0.25) is 0 Å². The Hall–Kier alpha value is -1.95. The van der Waals surface area contributed by atoms with Crippen molar-refractivity contribution < 1.29 is 4.74 Å². The lowest BCUT2D eigenvalue weighted by Crippen LogP contribution is -2.26. The zero-order valence-corrected chi connectivity index (χ0v) is 13.8. The standard InChI is InChI=1S/C18H23N5O/c1-2-15(10-19-8-1)24-16-7-9-22(11-16)12-17-20-21-18(13-3-4-13)23(17)14-5-6-14/h1-2,8,10,13-14,16H,3-7,9,11-12H2. The van der Waals surface area contributed by atoms with Gasteiger partial charge in [-0.3, -0.25) is 9.88 Å². The second kappa shape index (κ2) is 5.84. The molecule has 3 heterocycles. The fourth-order valence-corrected chi connectivity index (χ4v) is 3.64. The summed E-state index contributed by atoms with van der Waals surface area (Å²) in [7, 11) is 0. The van der Waals surface area contributed by atoms with Gasteiger partial charge in [-0.25, -0.2) is 0 Å². The van der Waals surface area contributed by atoms with Crippen LogP contribution in [0.4, 0.5) is 0 Å². The molecule has 1 aliphatic heterocycles. The molecule has 126 valence electrons.